The van der Waals surface area contributed by atoms with Crippen LogP contribution in [-0.2, 0) is 33.8 Å². The number of Topliss-reactive ketones (excluding diaryl/α,β-unsaturated/α-hetero) is 1. The van der Waals surface area contributed by atoms with Gasteiger partial charge in [0.1, 0.15) is 46.0 Å². The number of methoxy groups -OCH3 is 1. The number of aryl methyl sites for hydroxylation is 1. The average Bonchev–Trinajstić information content (AvgIpc) is 4.02. The highest BCUT2D eigenvalue weighted by Crippen LogP contribution is 2.47. The van der Waals surface area contributed by atoms with E-state index in [-0.39, 0.29) is 37.1 Å². The Bertz CT molecular complexity index is 2160. The van der Waals surface area contributed by atoms with Crippen LogP contribution in [0.3, 0.4) is 0 Å². The van der Waals surface area contributed by atoms with Crippen LogP contribution in [0.5, 0.6) is 11.5 Å². The number of esters is 1. The summed E-state index contributed by atoms with van der Waals surface area (Å²) in [5, 5.41) is 6.44. The lowest BCUT2D eigenvalue weighted by atomic mass is 9.77. The molecule has 0 spiro atoms. The van der Waals surface area contributed by atoms with Crippen molar-refractivity contribution in [3.05, 3.63) is 48.7 Å². The Labute approximate surface area is 327 Å². The fourth-order valence-electron chi connectivity index (χ4n) is 7.42. The summed E-state index contributed by atoms with van der Waals surface area (Å²) in [7, 11) is -2.11. The van der Waals surface area contributed by atoms with E-state index in [1.165, 1.54) is 11.0 Å². The SMILES string of the molecule is C=C[C@@H]1C[C@]1(NC(=O)[C@@H]1C[C@@H](Oc2cc(-c3ccccc3OC)nc3c(C)noc23)CN1C(=O)[C@@H](CC(=O)OC(C)(C)C)C(C)(C)C)C(=O)CS(=O)(=O)C1CC1. The Hall–Kier alpha value is -4.79. The number of fused-ring (bicyclic) bond motifs is 1. The predicted octanol–water partition coefficient (Wildman–Crippen LogP) is 5.16. The van der Waals surface area contributed by atoms with Crippen LogP contribution >= 0.6 is 0 Å². The number of sulfone groups is 1. The minimum absolute atomic E-state index is 0.00516. The number of para-hydroxylation sites is 1. The molecule has 1 N–H and O–H groups in total. The van der Waals surface area contributed by atoms with Crippen LogP contribution in [-0.4, -0.2) is 95.0 Å². The zero-order valence-electron chi connectivity index (χ0n) is 33.3. The van der Waals surface area contributed by atoms with E-state index in [1.807, 2.05) is 45.0 Å². The number of nitrogens with one attached hydrogen (secondary N) is 1. The monoisotopic (exact) mass is 792 g/mol. The van der Waals surface area contributed by atoms with Gasteiger partial charge in [-0.25, -0.2) is 13.4 Å². The number of likely N-dealkylation sites (tertiary alicyclic amines) is 1. The van der Waals surface area contributed by atoms with Crippen molar-refractivity contribution >= 4 is 44.5 Å². The number of aromatic nitrogens is 2. The molecule has 15 heteroatoms. The summed E-state index contributed by atoms with van der Waals surface area (Å²) >= 11 is 0. The molecule has 2 aromatic heterocycles. The molecule has 56 heavy (non-hydrogen) atoms. The summed E-state index contributed by atoms with van der Waals surface area (Å²) in [5.74, 6) is -3.47. The Morgan fingerprint density at radius 3 is 2.41 bits per heavy atom. The molecule has 1 saturated heterocycles. The third kappa shape index (κ3) is 8.47. The van der Waals surface area contributed by atoms with Crippen molar-refractivity contribution in [3.8, 4) is 22.8 Å². The van der Waals surface area contributed by atoms with Crippen molar-refractivity contribution in [3.63, 3.8) is 0 Å². The van der Waals surface area contributed by atoms with Gasteiger partial charge in [-0.3, -0.25) is 19.2 Å². The minimum Gasteiger partial charge on any atom is -0.496 e. The van der Waals surface area contributed by atoms with E-state index in [4.69, 9.17) is 23.7 Å². The zero-order chi connectivity index (χ0) is 41.0. The molecule has 2 saturated carbocycles. The Kier molecular flexibility index (Phi) is 10.9. The smallest absolute Gasteiger partial charge is 0.307 e. The minimum atomic E-state index is -3.67. The van der Waals surface area contributed by atoms with E-state index in [0.717, 1.165) is 0 Å². The molecule has 5 atom stereocenters. The van der Waals surface area contributed by atoms with Gasteiger partial charge in [0.05, 0.1) is 36.9 Å². The molecule has 2 aliphatic carbocycles. The van der Waals surface area contributed by atoms with Crippen molar-refractivity contribution in [2.45, 2.75) is 109 Å². The number of hydrogen-bond donors (Lipinski definition) is 1. The van der Waals surface area contributed by atoms with Crippen LogP contribution < -0.4 is 14.8 Å². The lowest BCUT2D eigenvalue weighted by molar-refractivity contribution is -0.161. The van der Waals surface area contributed by atoms with Crippen LogP contribution in [0.2, 0.25) is 0 Å². The van der Waals surface area contributed by atoms with Gasteiger partial charge in [0, 0.05) is 24.0 Å². The number of ketones is 1. The fraction of sp³-hybridized carbons (Fsp3) is 0.561. The van der Waals surface area contributed by atoms with Gasteiger partial charge >= 0.3 is 5.97 Å². The van der Waals surface area contributed by atoms with Gasteiger partial charge in [0.25, 0.3) is 0 Å². The number of carbonyl (C=O) groups excluding carboxylic acids is 4. The molecule has 0 radical (unpaired) electrons. The maximum Gasteiger partial charge on any atom is 0.307 e. The second kappa shape index (κ2) is 14.9. The number of amides is 2. The zero-order valence-corrected chi connectivity index (χ0v) is 34.2. The molecule has 14 nitrogen and oxygen atoms in total. The maximum atomic E-state index is 14.7. The first kappa shape index (κ1) is 40.9. The highest BCUT2D eigenvalue weighted by atomic mass is 32.2. The van der Waals surface area contributed by atoms with E-state index in [0.29, 0.717) is 41.1 Å². The number of nitrogens with zero attached hydrogens (tertiary/aromatic N) is 3. The second-order valence-electron chi connectivity index (χ2n) is 17.3. The van der Waals surface area contributed by atoms with Gasteiger partial charge in [0.2, 0.25) is 17.4 Å². The molecule has 302 valence electrons. The van der Waals surface area contributed by atoms with Gasteiger partial charge in [-0.05, 0) is 64.5 Å². The Morgan fingerprint density at radius 1 is 1.11 bits per heavy atom. The van der Waals surface area contributed by atoms with Crippen molar-refractivity contribution in [1.29, 1.82) is 0 Å². The Morgan fingerprint density at radius 2 is 1.80 bits per heavy atom. The van der Waals surface area contributed by atoms with Crippen LogP contribution in [0.15, 0.2) is 47.5 Å². The molecule has 3 aromatic rings. The van der Waals surface area contributed by atoms with Gasteiger partial charge in [-0.2, -0.15) is 0 Å². The molecular formula is C41H52N4O10S. The summed E-state index contributed by atoms with van der Waals surface area (Å²) in [6.45, 7) is 16.3. The molecule has 6 rings (SSSR count). The first-order valence-electron chi connectivity index (χ1n) is 19.0. The number of ether oxygens (including phenoxy) is 3. The van der Waals surface area contributed by atoms with E-state index in [1.54, 1.807) is 40.9 Å². The van der Waals surface area contributed by atoms with Gasteiger partial charge in [0.15, 0.2) is 21.4 Å². The second-order valence-corrected chi connectivity index (χ2v) is 19.6. The van der Waals surface area contributed by atoms with Crippen LogP contribution in [0.1, 0.15) is 79.3 Å². The van der Waals surface area contributed by atoms with Crippen LogP contribution in [0, 0.1) is 24.2 Å². The number of benzene rings is 1. The molecule has 1 aromatic carbocycles. The Balaban J connectivity index is 1.34. The van der Waals surface area contributed by atoms with E-state index in [9.17, 15) is 27.6 Å². The number of carbonyl (C=O) groups is 4. The summed E-state index contributed by atoms with van der Waals surface area (Å²) < 4.78 is 49.2. The molecular weight excluding hydrogens is 741 g/mol. The van der Waals surface area contributed by atoms with Gasteiger partial charge in [-0.15, -0.1) is 6.58 Å². The van der Waals surface area contributed by atoms with Crippen LogP contribution in [0.4, 0.5) is 0 Å². The van der Waals surface area contributed by atoms with Crippen molar-refractivity contribution in [1.82, 2.24) is 20.4 Å². The third-order valence-corrected chi connectivity index (χ3v) is 12.9. The topological polar surface area (TPSA) is 184 Å². The molecule has 2 amide bonds. The average molecular weight is 793 g/mol. The highest BCUT2D eigenvalue weighted by Gasteiger charge is 2.61. The molecule has 0 bridgehead atoms. The molecule has 3 heterocycles. The molecule has 3 fully saturated rings. The van der Waals surface area contributed by atoms with E-state index in [2.05, 4.69) is 17.1 Å². The lowest BCUT2D eigenvalue weighted by Gasteiger charge is -2.35. The van der Waals surface area contributed by atoms with Crippen molar-refractivity contribution in [2.75, 3.05) is 19.4 Å². The maximum absolute atomic E-state index is 14.7. The first-order valence-corrected chi connectivity index (χ1v) is 20.7. The number of pyridine rings is 1. The molecule has 1 aliphatic heterocycles. The lowest BCUT2D eigenvalue weighted by Crippen LogP contribution is -2.55. The van der Waals surface area contributed by atoms with Gasteiger partial charge in [-0.1, -0.05) is 44.1 Å². The summed E-state index contributed by atoms with van der Waals surface area (Å²) in [6.07, 6.45) is 1.75. The first-order chi connectivity index (χ1) is 26.2. The van der Waals surface area contributed by atoms with E-state index >= 15 is 0 Å². The number of hydrogen-bond acceptors (Lipinski definition) is 12. The fourth-order valence-corrected chi connectivity index (χ4v) is 9.13. The van der Waals surface area contributed by atoms with Gasteiger partial charge < -0.3 is 29.0 Å². The molecule has 3 aliphatic rings. The predicted molar refractivity (Wildman–Crippen MR) is 207 cm³/mol. The highest BCUT2D eigenvalue weighted by molar-refractivity contribution is 7.93. The standard InChI is InChI=1S/C41H52N4O10S/c1-10-24-20-41(24,33(46)22-56(50,51)26-15-16-26)43-37(48)30-17-25(21-45(30)38(49)28(39(3,4)5)18-34(47)54-40(6,7)8)53-32-19-29(27-13-11-12-14-31(27)52-9)42-35-23(2)44-55-36(32)35/h10-14,19,24-26,28,30H,1,15-18,20-22H2,2-9H3,(H,43,48)/t24-,25-,28-,30+,41-/m1/s1. The largest absolute Gasteiger partial charge is 0.496 e. The normalized spacial score (nSPS) is 23.0. The quantitative estimate of drug-likeness (QED) is 0.167. The van der Waals surface area contributed by atoms with E-state index < -0.39 is 84.9 Å². The summed E-state index contributed by atoms with van der Waals surface area (Å²) in [4.78, 5) is 62.2. The van der Waals surface area contributed by atoms with Crippen LogP contribution in [0.25, 0.3) is 22.4 Å². The van der Waals surface area contributed by atoms with Crippen molar-refractivity contribution in [2.24, 2.45) is 17.3 Å². The molecule has 0 unspecified atom stereocenters. The van der Waals surface area contributed by atoms with Crippen molar-refractivity contribution < 1.29 is 46.3 Å². The summed E-state index contributed by atoms with van der Waals surface area (Å²) in [5.41, 5.74) is -0.508. The number of rotatable bonds is 14. The third-order valence-electron chi connectivity index (χ3n) is 10.7. The summed E-state index contributed by atoms with van der Waals surface area (Å²) in [6, 6.07) is 7.91.